The maximum Gasteiger partial charge on any atom is 0.174 e. The van der Waals surface area contributed by atoms with Crippen LogP contribution in [0.25, 0.3) is 10.8 Å². The van der Waals surface area contributed by atoms with Crippen LogP contribution in [0.5, 0.6) is 0 Å². The summed E-state index contributed by atoms with van der Waals surface area (Å²) in [7, 11) is 1.97. The van der Waals surface area contributed by atoms with Gasteiger partial charge in [-0.05, 0) is 57.9 Å². The summed E-state index contributed by atoms with van der Waals surface area (Å²) in [5.74, 6) is 0. The second-order valence-electron chi connectivity index (χ2n) is 4.89. The minimum Gasteiger partial charge on any atom is -0.457 e. The second-order valence-corrected chi connectivity index (χ2v) is 5.61. The molecule has 1 heterocycles. The van der Waals surface area contributed by atoms with Crippen molar-refractivity contribution < 1.29 is 4.42 Å². The Morgan fingerprint density at radius 2 is 1.75 bits per heavy atom. The average molecular weight is 330 g/mol. The third-order valence-corrected chi connectivity index (χ3v) is 4.38. The summed E-state index contributed by atoms with van der Waals surface area (Å²) < 4.78 is 6.16. The van der Waals surface area contributed by atoms with Gasteiger partial charge >= 0.3 is 0 Å². The van der Waals surface area contributed by atoms with Crippen molar-refractivity contribution in [2.45, 2.75) is 13.0 Å². The lowest BCUT2D eigenvalue weighted by Gasteiger charge is -2.19. The van der Waals surface area contributed by atoms with Crippen LogP contribution in [0.4, 0.5) is 0 Å². The Hall–Kier alpha value is -1.58. The molecule has 1 unspecified atom stereocenters. The molecular formula is C17H16BrNO. The van der Waals surface area contributed by atoms with Crippen LogP contribution in [-0.4, -0.2) is 7.05 Å². The van der Waals surface area contributed by atoms with Gasteiger partial charge in [0.2, 0.25) is 0 Å². The van der Waals surface area contributed by atoms with Gasteiger partial charge in [0.15, 0.2) is 4.67 Å². The largest absolute Gasteiger partial charge is 0.457 e. The highest BCUT2D eigenvalue weighted by Crippen LogP contribution is 2.34. The molecule has 0 bridgehead atoms. The number of furan rings is 1. The number of fused-ring (bicyclic) bond motifs is 1. The first-order valence-electron chi connectivity index (χ1n) is 6.60. The number of hydrogen-bond acceptors (Lipinski definition) is 2. The van der Waals surface area contributed by atoms with E-state index in [1.807, 2.05) is 13.1 Å². The zero-order valence-corrected chi connectivity index (χ0v) is 13.1. The Morgan fingerprint density at radius 1 is 1.00 bits per heavy atom. The first-order valence-corrected chi connectivity index (χ1v) is 7.40. The molecule has 1 atom stereocenters. The van der Waals surface area contributed by atoms with Gasteiger partial charge in [-0.2, -0.15) is 0 Å². The molecule has 3 rings (SSSR count). The normalized spacial score (nSPS) is 12.8. The third kappa shape index (κ3) is 2.17. The summed E-state index contributed by atoms with van der Waals surface area (Å²) in [5.41, 5.74) is 3.67. The summed E-state index contributed by atoms with van der Waals surface area (Å²) in [6.07, 6.45) is 1.71. The molecule has 1 aromatic heterocycles. The number of halogens is 1. The lowest BCUT2D eigenvalue weighted by Crippen LogP contribution is -2.17. The highest BCUT2D eigenvalue weighted by atomic mass is 79.9. The molecule has 1 N–H and O–H groups in total. The molecule has 0 aliphatic rings. The smallest absolute Gasteiger partial charge is 0.174 e. The molecular weight excluding hydrogens is 314 g/mol. The fraction of sp³-hybridized carbons (Fsp3) is 0.176. The van der Waals surface area contributed by atoms with Gasteiger partial charge in [-0.3, -0.25) is 0 Å². The van der Waals surface area contributed by atoms with Crippen molar-refractivity contribution in [2.24, 2.45) is 0 Å². The molecule has 0 spiro atoms. The minimum absolute atomic E-state index is 0.105. The van der Waals surface area contributed by atoms with Crippen molar-refractivity contribution in [1.29, 1.82) is 0 Å². The molecule has 0 saturated heterocycles. The first-order chi connectivity index (χ1) is 9.72. The molecule has 0 aliphatic carbocycles. The quantitative estimate of drug-likeness (QED) is 0.745. The second kappa shape index (κ2) is 5.43. The van der Waals surface area contributed by atoms with E-state index in [1.54, 1.807) is 6.26 Å². The molecule has 0 amide bonds. The molecule has 3 heteroatoms. The third-order valence-electron chi connectivity index (χ3n) is 3.73. The summed E-state index contributed by atoms with van der Waals surface area (Å²) in [4.78, 5) is 0. The lowest BCUT2D eigenvalue weighted by atomic mass is 9.93. The van der Waals surface area contributed by atoms with Gasteiger partial charge in [-0.25, -0.2) is 0 Å². The van der Waals surface area contributed by atoms with E-state index < -0.39 is 0 Å². The molecule has 0 radical (unpaired) electrons. The van der Waals surface area contributed by atoms with Crippen LogP contribution in [0.3, 0.4) is 0 Å². The van der Waals surface area contributed by atoms with Gasteiger partial charge in [0, 0.05) is 5.56 Å². The average Bonchev–Trinajstić information content (AvgIpc) is 2.89. The van der Waals surface area contributed by atoms with Crippen molar-refractivity contribution in [3.05, 3.63) is 70.1 Å². The topological polar surface area (TPSA) is 25.2 Å². The molecule has 3 aromatic rings. The summed E-state index contributed by atoms with van der Waals surface area (Å²) in [6, 6.07) is 15.0. The van der Waals surface area contributed by atoms with Crippen molar-refractivity contribution >= 4 is 26.7 Å². The minimum atomic E-state index is 0.105. The SMILES string of the molecule is CNC(c1ccoc1Br)c1ccc(C)c2ccccc12. The summed E-state index contributed by atoms with van der Waals surface area (Å²) in [6.45, 7) is 2.15. The Kier molecular flexibility index (Phi) is 3.64. The Labute approximate surface area is 126 Å². The Bertz CT molecular complexity index is 748. The predicted octanol–water partition coefficient (Wildman–Crippen LogP) is 4.81. The van der Waals surface area contributed by atoms with E-state index in [0.717, 1.165) is 10.2 Å². The Balaban J connectivity index is 2.23. The lowest BCUT2D eigenvalue weighted by molar-refractivity contribution is 0.530. The van der Waals surface area contributed by atoms with Gasteiger partial charge in [0.1, 0.15) is 0 Å². The van der Waals surface area contributed by atoms with E-state index in [9.17, 15) is 0 Å². The van der Waals surface area contributed by atoms with Crippen molar-refractivity contribution in [1.82, 2.24) is 5.32 Å². The number of benzene rings is 2. The molecule has 0 aliphatic heterocycles. The van der Waals surface area contributed by atoms with Gasteiger partial charge in [0.25, 0.3) is 0 Å². The molecule has 0 fully saturated rings. The van der Waals surface area contributed by atoms with E-state index in [0.29, 0.717) is 0 Å². The molecule has 102 valence electrons. The van der Waals surface area contributed by atoms with Crippen LogP contribution in [0, 0.1) is 6.92 Å². The number of nitrogens with one attached hydrogen (secondary N) is 1. The van der Waals surface area contributed by atoms with Crippen LogP contribution in [0.1, 0.15) is 22.7 Å². The van der Waals surface area contributed by atoms with Crippen molar-refractivity contribution in [3.8, 4) is 0 Å². The standard InChI is InChI=1S/C17H16BrNO/c1-11-7-8-14(13-6-4-3-5-12(11)13)16(19-2)15-9-10-20-17(15)18/h3-10,16,19H,1-2H3. The van der Waals surface area contributed by atoms with Crippen LogP contribution in [0.2, 0.25) is 0 Å². The highest BCUT2D eigenvalue weighted by molar-refractivity contribution is 9.10. The molecule has 0 saturated carbocycles. The fourth-order valence-corrected chi connectivity index (χ4v) is 3.18. The fourth-order valence-electron chi connectivity index (χ4n) is 2.71. The van der Waals surface area contributed by atoms with E-state index >= 15 is 0 Å². The van der Waals surface area contributed by atoms with E-state index in [2.05, 4.69) is 64.6 Å². The van der Waals surface area contributed by atoms with E-state index in [1.165, 1.54) is 21.9 Å². The first kappa shape index (κ1) is 13.4. The van der Waals surface area contributed by atoms with E-state index in [-0.39, 0.29) is 6.04 Å². The summed E-state index contributed by atoms with van der Waals surface area (Å²) >= 11 is 3.48. The predicted molar refractivity (Wildman–Crippen MR) is 86.0 cm³/mol. The van der Waals surface area contributed by atoms with E-state index in [4.69, 9.17) is 4.42 Å². The van der Waals surface area contributed by atoms with Crippen molar-refractivity contribution in [3.63, 3.8) is 0 Å². The van der Waals surface area contributed by atoms with Gasteiger partial charge in [-0.1, -0.05) is 36.4 Å². The monoisotopic (exact) mass is 329 g/mol. The number of rotatable bonds is 3. The molecule has 20 heavy (non-hydrogen) atoms. The van der Waals surface area contributed by atoms with Crippen LogP contribution in [-0.2, 0) is 0 Å². The van der Waals surface area contributed by atoms with Crippen LogP contribution < -0.4 is 5.32 Å². The maximum absolute atomic E-state index is 5.38. The highest BCUT2D eigenvalue weighted by Gasteiger charge is 2.19. The maximum atomic E-state index is 5.38. The molecule has 2 aromatic carbocycles. The number of aryl methyl sites for hydroxylation is 1. The van der Waals surface area contributed by atoms with Crippen LogP contribution >= 0.6 is 15.9 Å². The van der Waals surface area contributed by atoms with Gasteiger partial charge < -0.3 is 9.73 Å². The van der Waals surface area contributed by atoms with Crippen LogP contribution in [0.15, 0.2) is 57.8 Å². The molecule has 2 nitrogen and oxygen atoms in total. The van der Waals surface area contributed by atoms with Gasteiger partial charge in [-0.15, -0.1) is 0 Å². The zero-order valence-electron chi connectivity index (χ0n) is 11.5. The zero-order chi connectivity index (χ0) is 14.1. The summed E-state index contributed by atoms with van der Waals surface area (Å²) in [5, 5.41) is 5.96. The number of hydrogen-bond donors (Lipinski definition) is 1. The Morgan fingerprint density at radius 3 is 2.40 bits per heavy atom. The van der Waals surface area contributed by atoms with Crippen molar-refractivity contribution in [2.75, 3.05) is 7.05 Å². The van der Waals surface area contributed by atoms with Gasteiger partial charge in [0.05, 0.1) is 12.3 Å².